The lowest BCUT2D eigenvalue weighted by Crippen LogP contribution is -2.49. The summed E-state index contributed by atoms with van der Waals surface area (Å²) in [5.74, 6) is 0. The first-order chi connectivity index (χ1) is 7.79. The zero-order chi connectivity index (χ0) is 11.4. The van der Waals surface area contributed by atoms with Gasteiger partial charge in [-0.15, -0.1) is 0 Å². The Morgan fingerprint density at radius 3 is 3.19 bits per heavy atom. The Hall–Kier alpha value is 0.100. The first-order valence-electron chi connectivity index (χ1n) is 5.72. The van der Waals surface area contributed by atoms with E-state index >= 15 is 0 Å². The Balaban J connectivity index is 1.82. The largest absolute Gasteiger partial charge is 0.374 e. The molecule has 0 spiro atoms. The fourth-order valence-electron chi connectivity index (χ4n) is 1.99. The third-order valence-corrected chi connectivity index (χ3v) is 4.53. The molecule has 1 aromatic rings. The SMILES string of the molecule is CC1COC(CBr)CN1CCc1ccsc1. The van der Waals surface area contributed by atoms with Crippen LogP contribution in [-0.2, 0) is 11.2 Å². The predicted octanol–water partition coefficient (Wildman–Crippen LogP) is 2.77. The summed E-state index contributed by atoms with van der Waals surface area (Å²) in [7, 11) is 0. The van der Waals surface area contributed by atoms with E-state index in [1.54, 1.807) is 11.3 Å². The maximum Gasteiger partial charge on any atom is 0.0799 e. The molecule has 0 amide bonds. The molecule has 2 nitrogen and oxygen atoms in total. The van der Waals surface area contributed by atoms with Crippen LogP contribution < -0.4 is 0 Å². The molecular weight excluding hydrogens is 286 g/mol. The molecule has 0 aliphatic carbocycles. The van der Waals surface area contributed by atoms with Gasteiger partial charge in [-0.05, 0) is 35.7 Å². The van der Waals surface area contributed by atoms with E-state index in [4.69, 9.17) is 4.74 Å². The predicted molar refractivity (Wildman–Crippen MR) is 72.6 cm³/mol. The third-order valence-electron chi connectivity index (χ3n) is 3.07. The maximum absolute atomic E-state index is 5.72. The fraction of sp³-hybridized carbons (Fsp3) is 0.667. The number of alkyl halides is 1. The van der Waals surface area contributed by atoms with Crippen molar-refractivity contribution in [2.45, 2.75) is 25.5 Å². The lowest BCUT2D eigenvalue weighted by molar-refractivity contribution is -0.0460. The minimum atomic E-state index is 0.360. The van der Waals surface area contributed by atoms with E-state index in [2.05, 4.69) is 44.6 Å². The van der Waals surface area contributed by atoms with Crippen LogP contribution in [0.5, 0.6) is 0 Å². The number of morpholine rings is 1. The van der Waals surface area contributed by atoms with Crippen LogP contribution in [0.15, 0.2) is 16.8 Å². The summed E-state index contributed by atoms with van der Waals surface area (Å²) in [6.07, 6.45) is 1.52. The monoisotopic (exact) mass is 303 g/mol. The molecule has 90 valence electrons. The summed E-state index contributed by atoms with van der Waals surface area (Å²) in [6.45, 7) is 5.30. The number of nitrogens with zero attached hydrogens (tertiary/aromatic N) is 1. The van der Waals surface area contributed by atoms with Crippen molar-refractivity contribution >= 4 is 27.3 Å². The van der Waals surface area contributed by atoms with E-state index < -0.39 is 0 Å². The van der Waals surface area contributed by atoms with Crippen LogP contribution in [-0.4, -0.2) is 42.1 Å². The van der Waals surface area contributed by atoms with Crippen molar-refractivity contribution < 1.29 is 4.74 Å². The lowest BCUT2D eigenvalue weighted by atomic mass is 10.1. The van der Waals surface area contributed by atoms with Gasteiger partial charge in [-0.3, -0.25) is 4.90 Å². The second-order valence-electron chi connectivity index (χ2n) is 4.34. The van der Waals surface area contributed by atoms with Crippen LogP contribution in [0.1, 0.15) is 12.5 Å². The molecular formula is C12H18BrNOS. The number of hydrogen-bond donors (Lipinski definition) is 0. The van der Waals surface area contributed by atoms with Gasteiger partial charge in [0.1, 0.15) is 0 Å². The van der Waals surface area contributed by atoms with E-state index in [-0.39, 0.29) is 0 Å². The smallest absolute Gasteiger partial charge is 0.0799 e. The summed E-state index contributed by atoms with van der Waals surface area (Å²) in [5, 5.41) is 5.33. The van der Waals surface area contributed by atoms with Crippen LogP contribution in [0.4, 0.5) is 0 Å². The Kier molecular flexibility index (Phi) is 4.82. The van der Waals surface area contributed by atoms with Crippen LogP contribution in [0.25, 0.3) is 0 Å². The van der Waals surface area contributed by atoms with Gasteiger partial charge in [0.15, 0.2) is 0 Å². The summed E-state index contributed by atoms with van der Waals surface area (Å²) in [6, 6.07) is 2.77. The topological polar surface area (TPSA) is 12.5 Å². The zero-order valence-electron chi connectivity index (χ0n) is 9.56. The molecule has 1 saturated heterocycles. The van der Waals surface area contributed by atoms with Gasteiger partial charge in [-0.25, -0.2) is 0 Å². The molecule has 0 bridgehead atoms. The van der Waals surface area contributed by atoms with Crippen molar-refractivity contribution in [1.82, 2.24) is 4.90 Å². The highest BCUT2D eigenvalue weighted by atomic mass is 79.9. The van der Waals surface area contributed by atoms with Crippen molar-refractivity contribution in [2.24, 2.45) is 0 Å². The molecule has 1 aliphatic heterocycles. The van der Waals surface area contributed by atoms with Gasteiger partial charge in [-0.2, -0.15) is 11.3 Å². The number of halogens is 1. The maximum atomic E-state index is 5.72. The molecule has 16 heavy (non-hydrogen) atoms. The number of hydrogen-bond acceptors (Lipinski definition) is 3. The van der Waals surface area contributed by atoms with E-state index in [1.807, 2.05) is 0 Å². The van der Waals surface area contributed by atoms with Gasteiger partial charge in [0.05, 0.1) is 12.7 Å². The molecule has 0 radical (unpaired) electrons. The minimum absolute atomic E-state index is 0.360. The van der Waals surface area contributed by atoms with Crippen molar-refractivity contribution in [3.05, 3.63) is 22.4 Å². The highest BCUT2D eigenvalue weighted by molar-refractivity contribution is 9.09. The molecule has 0 aromatic carbocycles. The standard InChI is InChI=1S/C12H18BrNOS/c1-10-8-15-12(6-13)7-14(10)4-2-11-3-5-16-9-11/h3,5,9-10,12H,2,4,6-8H2,1H3. The summed E-state index contributed by atoms with van der Waals surface area (Å²) >= 11 is 5.28. The Labute approximate surface area is 110 Å². The minimum Gasteiger partial charge on any atom is -0.374 e. The van der Waals surface area contributed by atoms with Crippen LogP contribution in [0.3, 0.4) is 0 Å². The average molecular weight is 304 g/mol. The lowest BCUT2D eigenvalue weighted by Gasteiger charge is -2.37. The van der Waals surface area contributed by atoms with Gasteiger partial charge in [0, 0.05) is 24.5 Å². The van der Waals surface area contributed by atoms with E-state index in [0.29, 0.717) is 12.1 Å². The van der Waals surface area contributed by atoms with E-state index in [1.165, 1.54) is 5.56 Å². The van der Waals surface area contributed by atoms with Gasteiger partial charge in [0.25, 0.3) is 0 Å². The highest BCUT2D eigenvalue weighted by Gasteiger charge is 2.24. The van der Waals surface area contributed by atoms with Gasteiger partial charge in [0.2, 0.25) is 0 Å². The van der Waals surface area contributed by atoms with Crippen LogP contribution in [0, 0.1) is 0 Å². The number of thiophene rings is 1. The third kappa shape index (κ3) is 3.29. The van der Waals surface area contributed by atoms with Crippen molar-refractivity contribution in [1.29, 1.82) is 0 Å². The zero-order valence-corrected chi connectivity index (χ0v) is 12.0. The van der Waals surface area contributed by atoms with Crippen molar-refractivity contribution in [3.63, 3.8) is 0 Å². The van der Waals surface area contributed by atoms with E-state index in [0.717, 1.165) is 31.4 Å². The molecule has 1 aliphatic rings. The first kappa shape index (κ1) is 12.6. The Bertz CT molecular complexity index is 304. The second-order valence-corrected chi connectivity index (χ2v) is 5.76. The molecule has 2 unspecified atom stereocenters. The van der Waals surface area contributed by atoms with Crippen molar-refractivity contribution in [2.75, 3.05) is 25.0 Å². The molecule has 0 saturated carbocycles. The number of rotatable bonds is 4. The molecule has 1 fully saturated rings. The molecule has 0 N–H and O–H groups in total. The molecule has 2 atom stereocenters. The van der Waals surface area contributed by atoms with Crippen molar-refractivity contribution in [3.8, 4) is 0 Å². The Morgan fingerprint density at radius 2 is 2.50 bits per heavy atom. The summed E-state index contributed by atoms with van der Waals surface area (Å²) in [5.41, 5.74) is 1.46. The van der Waals surface area contributed by atoms with Gasteiger partial charge >= 0.3 is 0 Å². The highest BCUT2D eigenvalue weighted by Crippen LogP contribution is 2.15. The van der Waals surface area contributed by atoms with E-state index in [9.17, 15) is 0 Å². The molecule has 2 heterocycles. The number of ether oxygens (including phenoxy) is 1. The van der Waals surface area contributed by atoms with Gasteiger partial charge in [-0.1, -0.05) is 15.9 Å². The first-order valence-corrected chi connectivity index (χ1v) is 7.78. The average Bonchev–Trinajstić information content (AvgIpc) is 2.81. The van der Waals surface area contributed by atoms with Gasteiger partial charge < -0.3 is 4.74 Å². The molecule has 2 rings (SSSR count). The fourth-order valence-corrected chi connectivity index (χ4v) is 3.08. The molecule has 4 heteroatoms. The normalized spacial score (nSPS) is 27.1. The molecule has 1 aromatic heterocycles. The second kappa shape index (κ2) is 6.15. The Morgan fingerprint density at radius 1 is 1.62 bits per heavy atom. The van der Waals surface area contributed by atoms with Crippen LogP contribution >= 0.6 is 27.3 Å². The summed E-state index contributed by atoms with van der Waals surface area (Å²) in [4.78, 5) is 2.53. The summed E-state index contributed by atoms with van der Waals surface area (Å²) < 4.78 is 5.72. The quantitative estimate of drug-likeness (QED) is 0.793. The van der Waals surface area contributed by atoms with Crippen LogP contribution in [0.2, 0.25) is 0 Å².